The smallest absolute Gasteiger partial charge is 0.137 e. The van der Waals surface area contributed by atoms with Crippen LogP contribution in [0.2, 0.25) is 0 Å². The summed E-state index contributed by atoms with van der Waals surface area (Å²) in [5, 5.41) is 9.15. The van der Waals surface area contributed by atoms with Crippen molar-refractivity contribution in [2.75, 3.05) is 6.61 Å². The van der Waals surface area contributed by atoms with Gasteiger partial charge in [-0.05, 0) is 34.5 Å². The quantitative estimate of drug-likeness (QED) is 0.818. The fourth-order valence-corrected chi connectivity index (χ4v) is 2.07. The number of benzene rings is 1. The molecule has 1 unspecified atom stereocenters. The number of aliphatic hydroxyl groups excluding tert-OH is 1. The molecule has 1 N–H and O–H groups in total. The Kier molecular flexibility index (Phi) is 2.08. The molecule has 1 aliphatic rings. The molecule has 0 spiro atoms. The summed E-state index contributed by atoms with van der Waals surface area (Å²) in [4.78, 5) is 0. The van der Waals surface area contributed by atoms with E-state index in [2.05, 4.69) is 15.9 Å². The molecule has 0 radical (unpaired) electrons. The van der Waals surface area contributed by atoms with Gasteiger partial charge in [0.05, 0.1) is 11.1 Å². The van der Waals surface area contributed by atoms with Gasteiger partial charge in [0.15, 0.2) is 0 Å². The molecule has 1 aromatic rings. The highest BCUT2D eigenvalue weighted by molar-refractivity contribution is 9.10. The summed E-state index contributed by atoms with van der Waals surface area (Å²) >= 11 is 3.42. The van der Waals surface area contributed by atoms with E-state index in [9.17, 15) is 0 Å². The summed E-state index contributed by atoms with van der Waals surface area (Å²) in [5.41, 5.74) is 0.720. The Morgan fingerprint density at radius 2 is 2.38 bits per heavy atom. The third-order valence-corrected chi connectivity index (χ3v) is 2.92. The second-order valence-corrected chi connectivity index (χ2v) is 4.47. The summed E-state index contributed by atoms with van der Waals surface area (Å²) in [5.74, 6) is 0.874. The predicted molar refractivity (Wildman–Crippen MR) is 54.0 cm³/mol. The van der Waals surface area contributed by atoms with Crippen LogP contribution in [0.15, 0.2) is 22.7 Å². The van der Waals surface area contributed by atoms with Crippen molar-refractivity contribution >= 4 is 15.9 Å². The molecule has 0 saturated heterocycles. The first kappa shape index (κ1) is 9.03. The van der Waals surface area contributed by atoms with Crippen LogP contribution in [0.1, 0.15) is 12.5 Å². The number of hydrogen-bond donors (Lipinski definition) is 1. The number of para-hydroxylation sites is 1. The minimum absolute atomic E-state index is 0.0497. The van der Waals surface area contributed by atoms with E-state index in [-0.39, 0.29) is 6.61 Å². The van der Waals surface area contributed by atoms with Crippen molar-refractivity contribution < 1.29 is 9.84 Å². The lowest BCUT2D eigenvalue weighted by Crippen LogP contribution is -2.34. The van der Waals surface area contributed by atoms with Gasteiger partial charge in [-0.3, -0.25) is 0 Å². The van der Waals surface area contributed by atoms with Gasteiger partial charge in [0, 0.05) is 6.42 Å². The van der Waals surface area contributed by atoms with E-state index < -0.39 is 5.60 Å². The van der Waals surface area contributed by atoms with Crippen LogP contribution < -0.4 is 4.74 Å². The normalized spacial score (nSPS) is 25.5. The first-order chi connectivity index (χ1) is 6.14. The van der Waals surface area contributed by atoms with E-state index >= 15 is 0 Å². The fraction of sp³-hybridized carbons (Fsp3) is 0.400. The molecular formula is C10H11BrO2. The maximum absolute atomic E-state index is 9.15. The Labute approximate surface area is 85.7 Å². The summed E-state index contributed by atoms with van der Waals surface area (Å²) < 4.78 is 6.64. The molecule has 1 aliphatic heterocycles. The first-order valence-corrected chi connectivity index (χ1v) is 5.01. The van der Waals surface area contributed by atoms with E-state index in [1.165, 1.54) is 0 Å². The van der Waals surface area contributed by atoms with Gasteiger partial charge in [-0.15, -0.1) is 0 Å². The van der Waals surface area contributed by atoms with Crippen molar-refractivity contribution in [1.29, 1.82) is 0 Å². The van der Waals surface area contributed by atoms with Gasteiger partial charge >= 0.3 is 0 Å². The lowest BCUT2D eigenvalue weighted by molar-refractivity contribution is 0.0441. The minimum Gasteiger partial charge on any atom is -0.483 e. The van der Waals surface area contributed by atoms with Crippen molar-refractivity contribution in [2.45, 2.75) is 18.9 Å². The molecule has 0 aromatic heterocycles. The van der Waals surface area contributed by atoms with E-state index in [0.717, 1.165) is 22.2 Å². The van der Waals surface area contributed by atoms with Crippen molar-refractivity contribution in [1.82, 2.24) is 0 Å². The van der Waals surface area contributed by atoms with E-state index in [1.807, 2.05) is 25.1 Å². The molecule has 0 saturated carbocycles. The predicted octanol–water partition coefficient (Wildman–Crippen LogP) is 2.13. The van der Waals surface area contributed by atoms with Crippen LogP contribution in [-0.4, -0.2) is 17.3 Å². The van der Waals surface area contributed by atoms with Gasteiger partial charge in [0.2, 0.25) is 0 Å². The maximum atomic E-state index is 9.15. The summed E-state index contributed by atoms with van der Waals surface area (Å²) in [6.07, 6.45) is 0.776. The van der Waals surface area contributed by atoms with Gasteiger partial charge in [-0.2, -0.15) is 0 Å². The average molecular weight is 243 g/mol. The molecule has 0 fully saturated rings. The summed E-state index contributed by atoms with van der Waals surface area (Å²) in [7, 11) is 0. The van der Waals surface area contributed by atoms with Crippen LogP contribution in [0.25, 0.3) is 0 Å². The molecule has 2 rings (SSSR count). The van der Waals surface area contributed by atoms with Gasteiger partial charge in [-0.25, -0.2) is 0 Å². The second kappa shape index (κ2) is 3.00. The highest BCUT2D eigenvalue weighted by Gasteiger charge is 2.34. The Hall–Kier alpha value is -0.540. The minimum atomic E-state index is -0.438. The Morgan fingerprint density at radius 3 is 3.00 bits per heavy atom. The molecule has 1 atom stereocenters. The molecule has 1 heterocycles. The van der Waals surface area contributed by atoms with Crippen LogP contribution >= 0.6 is 15.9 Å². The zero-order valence-corrected chi connectivity index (χ0v) is 8.97. The van der Waals surface area contributed by atoms with Crippen molar-refractivity contribution in [3.8, 4) is 5.75 Å². The van der Waals surface area contributed by atoms with Gasteiger partial charge in [0.1, 0.15) is 11.4 Å². The van der Waals surface area contributed by atoms with E-state index in [1.54, 1.807) is 0 Å². The standard InChI is InChI=1S/C10H11BrO2/c1-10(6-12)5-7-3-2-4-8(11)9(7)13-10/h2-4,12H,5-6H2,1H3. The van der Waals surface area contributed by atoms with Gasteiger partial charge in [0.25, 0.3) is 0 Å². The Bertz CT molecular complexity index is 338. The zero-order valence-electron chi connectivity index (χ0n) is 7.38. The van der Waals surface area contributed by atoms with Crippen LogP contribution in [-0.2, 0) is 6.42 Å². The van der Waals surface area contributed by atoms with Gasteiger partial charge < -0.3 is 9.84 Å². The SMILES string of the molecule is CC1(CO)Cc2cccc(Br)c2O1. The van der Waals surface area contributed by atoms with Gasteiger partial charge in [-0.1, -0.05) is 12.1 Å². The maximum Gasteiger partial charge on any atom is 0.137 e. The molecule has 0 amide bonds. The first-order valence-electron chi connectivity index (χ1n) is 4.22. The molecule has 0 bridgehead atoms. The molecule has 2 nitrogen and oxygen atoms in total. The molecule has 3 heteroatoms. The molecule has 1 aromatic carbocycles. The number of hydrogen-bond acceptors (Lipinski definition) is 2. The lowest BCUT2D eigenvalue weighted by atomic mass is 10.0. The number of halogens is 1. The third kappa shape index (κ3) is 1.46. The number of fused-ring (bicyclic) bond motifs is 1. The Morgan fingerprint density at radius 1 is 1.62 bits per heavy atom. The largest absolute Gasteiger partial charge is 0.483 e. The highest BCUT2D eigenvalue weighted by Crippen LogP contribution is 2.39. The van der Waals surface area contributed by atoms with Crippen LogP contribution in [0.3, 0.4) is 0 Å². The summed E-state index contributed by atoms with van der Waals surface area (Å²) in [6, 6.07) is 5.96. The average Bonchev–Trinajstić information content (AvgIpc) is 2.45. The molecule has 0 aliphatic carbocycles. The fourth-order valence-electron chi connectivity index (χ4n) is 1.58. The highest BCUT2D eigenvalue weighted by atomic mass is 79.9. The second-order valence-electron chi connectivity index (χ2n) is 3.61. The number of rotatable bonds is 1. The number of ether oxygens (including phenoxy) is 1. The molecule has 13 heavy (non-hydrogen) atoms. The topological polar surface area (TPSA) is 29.5 Å². The van der Waals surface area contributed by atoms with Crippen molar-refractivity contribution in [2.24, 2.45) is 0 Å². The van der Waals surface area contributed by atoms with Crippen LogP contribution in [0.5, 0.6) is 5.75 Å². The summed E-state index contributed by atoms with van der Waals surface area (Å²) in [6.45, 7) is 1.97. The van der Waals surface area contributed by atoms with Crippen molar-refractivity contribution in [3.05, 3.63) is 28.2 Å². The monoisotopic (exact) mass is 242 g/mol. The third-order valence-electron chi connectivity index (χ3n) is 2.30. The molecule has 70 valence electrons. The van der Waals surface area contributed by atoms with Crippen molar-refractivity contribution in [3.63, 3.8) is 0 Å². The van der Waals surface area contributed by atoms with E-state index in [0.29, 0.717) is 0 Å². The Balaban J connectivity index is 2.40. The molecular weight excluding hydrogens is 232 g/mol. The zero-order chi connectivity index (χ0) is 9.47. The lowest BCUT2D eigenvalue weighted by Gasteiger charge is -2.20. The number of aliphatic hydroxyl groups is 1. The van der Waals surface area contributed by atoms with Crippen LogP contribution in [0, 0.1) is 0 Å². The van der Waals surface area contributed by atoms with Crippen LogP contribution in [0.4, 0.5) is 0 Å². The van der Waals surface area contributed by atoms with E-state index in [4.69, 9.17) is 9.84 Å².